The fourth-order valence-electron chi connectivity index (χ4n) is 3.44. The molecule has 3 heterocycles. The summed E-state index contributed by atoms with van der Waals surface area (Å²) >= 11 is 7.42. The van der Waals surface area contributed by atoms with Gasteiger partial charge in [0.25, 0.3) is 0 Å². The highest BCUT2D eigenvalue weighted by atomic mass is 35.5. The molecule has 0 N–H and O–H groups in total. The number of fused-ring (bicyclic) bond motifs is 1. The Morgan fingerprint density at radius 3 is 2.43 bits per heavy atom. The van der Waals surface area contributed by atoms with Gasteiger partial charge in [-0.3, -0.25) is 0 Å². The number of halogens is 2. The van der Waals surface area contributed by atoms with Crippen LogP contribution in [0.2, 0.25) is 5.28 Å². The number of aryl methyl sites for hydroxylation is 1. The molecule has 0 atom stereocenters. The first-order valence-electron chi connectivity index (χ1n) is 8.78. The maximum Gasteiger partial charge on any atom is 0.348 e. The van der Waals surface area contributed by atoms with Gasteiger partial charge in [-0.2, -0.15) is 4.98 Å². The first-order valence-corrected chi connectivity index (χ1v) is 9.98. The maximum absolute atomic E-state index is 13.2. The van der Waals surface area contributed by atoms with Gasteiger partial charge >= 0.3 is 5.97 Å². The van der Waals surface area contributed by atoms with Crippen LogP contribution in [-0.2, 0) is 4.74 Å². The van der Waals surface area contributed by atoms with Crippen LogP contribution in [0.5, 0.6) is 0 Å². The van der Waals surface area contributed by atoms with Gasteiger partial charge in [0, 0.05) is 31.9 Å². The summed E-state index contributed by atoms with van der Waals surface area (Å²) in [5.74, 6) is 0.108. The van der Waals surface area contributed by atoms with Crippen LogP contribution in [0.3, 0.4) is 0 Å². The molecule has 6 nitrogen and oxygen atoms in total. The number of anilines is 2. The number of benzene rings is 1. The molecule has 0 radical (unpaired) electrons. The molecule has 9 heteroatoms. The number of nitrogens with zero attached hydrogens (tertiary/aromatic N) is 4. The summed E-state index contributed by atoms with van der Waals surface area (Å²) in [6.07, 6.45) is 0. The monoisotopic (exact) mass is 420 g/mol. The van der Waals surface area contributed by atoms with Crippen molar-refractivity contribution in [1.82, 2.24) is 9.97 Å². The minimum absolute atomic E-state index is 0.154. The Morgan fingerprint density at radius 1 is 1.14 bits per heavy atom. The van der Waals surface area contributed by atoms with Gasteiger partial charge in [0.2, 0.25) is 5.28 Å². The van der Waals surface area contributed by atoms with Gasteiger partial charge in [0.15, 0.2) is 0 Å². The SMILES string of the molecule is COC(=O)c1sc2nc(Cl)nc(N3CCN(c4ccc(F)cc4)CC3)c2c1C. The molecule has 0 spiro atoms. The van der Waals surface area contributed by atoms with Crippen molar-refractivity contribution in [2.45, 2.75) is 6.92 Å². The predicted octanol–water partition coefficient (Wildman–Crippen LogP) is 3.91. The van der Waals surface area contributed by atoms with E-state index < -0.39 is 0 Å². The lowest BCUT2D eigenvalue weighted by molar-refractivity contribution is 0.0605. The molecule has 3 aromatic rings. The van der Waals surface area contributed by atoms with Crippen LogP contribution >= 0.6 is 22.9 Å². The molecule has 146 valence electrons. The summed E-state index contributed by atoms with van der Waals surface area (Å²) in [7, 11) is 1.36. The van der Waals surface area contributed by atoms with E-state index in [9.17, 15) is 9.18 Å². The van der Waals surface area contributed by atoms with Crippen molar-refractivity contribution in [3.63, 3.8) is 0 Å². The molecular weight excluding hydrogens is 403 g/mol. The lowest BCUT2D eigenvalue weighted by atomic mass is 10.1. The molecule has 1 aliphatic rings. The average molecular weight is 421 g/mol. The summed E-state index contributed by atoms with van der Waals surface area (Å²) in [4.78, 5) is 26.4. The van der Waals surface area contributed by atoms with Crippen molar-refractivity contribution in [1.29, 1.82) is 0 Å². The minimum atomic E-state index is -0.385. The molecule has 1 fully saturated rings. The molecular formula is C19H18ClFN4O2S. The number of carbonyl (C=O) groups excluding carboxylic acids is 1. The smallest absolute Gasteiger partial charge is 0.348 e. The second kappa shape index (κ2) is 7.52. The molecule has 4 rings (SSSR count). The predicted molar refractivity (Wildman–Crippen MR) is 109 cm³/mol. The van der Waals surface area contributed by atoms with E-state index in [1.54, 1.807) is 12.1 Å². The number of ether oxygens (including phenoxy) is 1. The zero-order chi connectivity index (χ0) is 19.8. The Hall–Kier alpha value is -2.45. The fourth-order valence-corrected chi connectivity index (χ4v) is 4.75. The van der Waals surface area contributed by atoms with Crippen LogP contribution in [0.1, 0.15) is 15.2 Å². The van der Waals surface area contributed by atoms with E-state index in [0.717, 1.165) is 48.6 Å². The number of thiophene rings is 1. The van der Waals surface area contributed by atoms with Crippen LogP contribution in [0.25, 0.3) is 10.2 Å². The van der Waals surface area contributed by atoms with E-state index in [1.807, 2.05) is 6.92 Å². The van der Waals surface area contributed by atoms with E-state index in [1.165, 1.54) is 30.6 Å². The Bertz CT molecular complexity index is 1030. The van der Waals surface area contributed by atoms with Gasteiger partial charge < -0.3 is 14.5 Å². The molecule has 1 saturated heterocycles. The second-order valence-electron chi connectivity index (χ2n) is 6.49. The number of aromatic nitrogens is 2. The Labute approximate surface area is 170 Å². The Morgan fingerprint density at radius 2 is 1.79 bits per heavy atom. The van der Waals surface area contributed by atoms with E-state index in [-0.39, 0.29) is 17.1 Å². The quantitative estimate of drug-likeness (QED) is 0.473. The van der Waals surface area contributed by atoms with Crippen molar-refractivity contribution < 1.29 is 13.9 Å². The van der Waals surface area contributed by atoms with Crippen molar-refractivity contribution in [3.05, 3.63) is 45.8 Å². The number of methoxy groups -OCH3 is 1. The topological polar surface area (TPSA) is 58.6 Å². The van der Waals surface area contributed by atoms with Crippen LogP contribution in [-0.4, -0.2) is 49.2 Å². The van der Waals surface area contributed by atoms with E-state index >= 15 is 0 Å². The lowest BCUT2D eigenvalue weighted by Gasteiger charge is -2.37. The zero-order valence-corrected chi connectivity index (χ0v) is 17.0. The number of hydrogen-bond acceptors (Lipinski definition) is 7. The van der Waals surface area contributed by atoms with Crippen LogP contribution in [0.15, 0.2) is 24.3 Å². The Balaban J connectivity index is 1.63. The summed E-state index contributed by atoms with van der Waals surface area (Å²) in [5.41, 5.74) is 1.80. The molecule has 1 aromatic carbocycles. The van der Waals surface area contributed by atoms with Gasteiger partial charge in [0.1, 0.15) is 21.3 Å². The third kappa shape index (κ3) is 3.38. The van der Waals surface area contributed by atoms with E-state index in [2.05, 4.69) is 19.8 Å². The molecule has 0 amide bonds. The Kier molecular flexibility index (Phi) is 5.07. The number of esters is 1. The third-order valence-electron chi connectivity index (χ3n) is 4.89. The van der Waals surface area contributed by atoms with Crippen molar-refractivity contribution in [2.75, 3.05) is 43.1 Å². The molecule has 0 unspecified atom stereocenters. The molecule has 0 saturated carbocycles. The van der Waals surface area contributed by atoms with Crippen molar-refractivity contribution in [2.24, 2.45) is 0 Å². The molecule has 2 aromatic heterocycles. The highest BCUT2D eigenvalue weighted by Crippen LogP contribution is 2.37. The van der Waals surface area contributed by atoms with E-state index in [0.29, 0.717) is 9.71 Å². The number of hydrogen-bond donors (Lipinski definition) is 0. The van der Waals surface area contributed by atoms with Gasteiger partial charge in [-0.05, 0) is 48.4 Å². The highest BCUT2D eigenvalue weighted by molar-refractivity contribution is 7.20. The van der Waals surface area contributed by atoms with Crippen molar-refractivity contribution in [3.8, 4) is 0 Å². The first-order chi connectivity index (χ1) is 13.5. The summed E-state index contributed by atoms with van der Waals surface area (Å²) in [6, 6.07) is 6.52. The summed E-state index contributed by atoms with van der Waals surface area (Å²) in [6.45, 7) is 4.86. The molecule has 0 bridgehead atoms. The minimum Gasteiger partial charge on any atom is -0.465 e. The summed E-state index contributed by atoms with van der Waals surface area (Å²) in [5, 5.41) is 0.992. The lowest BCUT2D eigenvalue weighted by Crippen LogP contribution is -2.47. The van der Waals surface area contributed by atoms with Crippen LogP contribution < -0.4 is 9.80 Å². The number of rotatable bonds is 3. The molecule has 1 aliphatic heterocycles. The standard InChI is InChI=1S/C19H18ClFN4O2S/c1-11-14-16(22-19(20)23-17(14)28-15(11)18(26)27-2)25-9-7-24(8-10-25)13-5-3-12(21)4-6-13/h3-6H,7-10H2,1-2H3. The van der Waals surface area contributed by atoms with Gasteiger partial charge in [-0.1, -0.05) is 0 Å². The van der Waals surface area contributed by atoms with Gasteiger partial charge in [0.05, 0.1) is 12.5 Å². The fraction of sp³-hybridized carbons (Fsp3) is 0.316. The van der Waals surface area contributed by atoms with Gasteiger partial charge in [-0.25, -0.2) is 14.2 Å². The third-order valence-corrected chi connectivity index (χ3v) is 6.22. The van der Waals surface area contributed by atoms with Crippen LogP contribution in [0, 0.1) is 12.7 Å². The normalized spacial score (nSPS) is 14.6. The van der Waals surface area contributed by atoms with Crippen molar-refractivity contribution >= 4 is 50.6 Å². The zero-order valence-electron chi connectivity index (χ0n) is 15.4. The number of piperazine rings is 1. The van der Waals surface area contributed by atoms with Gasteiger partial charge in [-0.15, -0.1) is 11.3 Å². The highest BCUT2D eigenvalue weighted by Gasteiger charge is 2.25. The largest absolute Gasteiger partial charge is 0.465 e. The maximum atomic E-state index is 13.2. The second-order valence-corrected chi connectivity index (χ2v) is 7.83. The molecule has 28 heavy (non-hydrogen) atoms. The first kappa shape index (κ1) is 18.9. The average Bonchev–Trinajstić information content (AvgIpc) is 3.04. The van der Waals surface area contributed by atoms with Crippen LogP contribution in [0.4, 0.5) is 15.9 Å². The summed E-state index contributed by atoms with van der Waals surface area (Å²) < 4.78 is 18.0. The number of carbonyl (C=O) groups is 1. The van der Waals surface area contributed by atoms with E-state index in [4.69, 9.17) is 16.3 Å². The molecule has 0 aliphatic carbocycles.